The van der Waals surface area contributed by atoms with Crippen molar-refractivity contribution in [3.05, 3.63) is 28.8 Å². The first-order valence-corrected chi connectivity index (χ1v) is 7.81. The first-order chi connectivity index (χ1) is 9.29. The van der Waals surface area contributed by atoms with E-state index in [1.54, 1.807) is 0 Å². The van der Waals surface area contributed by atoms with Crippen molar-refractivity contribution in [2.75, 3.05) is 19.7 Å². The maximum absolute atomic E-state index is 6.28. The molecule has 2 rings (SSSR count). The van der Waals surface area contributed by atoms with E-state index in [0.717, 1.165) is 36.8 Å². The number of likely N-dealkylation sites (tertiary alicyclic amines) is 1. The second kappa shape index (κ2) is 9.49. The molecule has 0 spiro atoms. The van der Waals surface area contributed by atoms with E-state index in [0.29, 0.717) is 0 Å². The Hall–Kier alpha value is -0.440. The maximum atomic E-state index is 6.28. The molecule has 20 heavy (non-hydrogen) atoms. The summed E-state index contributed by atoms with van der Waals surface area (Å²) in [7, 11) is 0. The van der Waals surface area contributed by atoms with Gasteiger partial charge in [-0.1, -0.05) is 37.4 Å². The molecule has 1 saturated heterocycles. The van der Waals surface area contributed by atoms with Crippen LogP contribution in [0.5, 0.6) is 5.75 Å². The van der Waals surface area contributed by atoms with Gasteiger partial charge in [0.15, 0.2) is 0 Å². The normalized spacial score (nSPS) is 15.7. The zero-order valence-corrected chi connectivity index (χ0v) is 13.8. The van der Waals surface area contributed by atoms with Crippen LogP contribution in [0.4, 0.5) is 0 Å². The molecule has 0 radical (unpaired) electrons. The largest absolute Gasteiger partial charge is 0.492 e. The zero-order valence-electron chi connectivity index (χ0n) is 12.2. The van der Waals surface area contributed by atoms with Crippen molar-refractivity contribution in [3.8, 4) is 5.75 Å². The van der Waals surface area contributed by atoms with Gasteiger partial charge in [-0.25, -0.2) is 0 Å². The number of unbranched alkanes of at least 4 members (excludes halogenated alkanes) is 1. The summed E-state index contributed by atoms with van der Waals surface area (Å²) in [5.41, 5.74) is 1.29. The summed E-state index contributed by atoms with van der Waals surface area (Å²) in [4.78, 5) is 2.51. The molecule has 0 bridgehead atoms. The Morgan fingerprint density at radius 1 is 1.20 bits per heavy atom. The van der Waals surface area contributed by atoms with Crippen molar-refractivity contribution in [1.82, 2.24) is 4.90 Å². The Morgan fingerprint density at radius 2 is 1.95 bits per heavy atom. The van der Waals surface area contributed by atoms with E-state index in [9.17, 15) is 0 Å². The minimum atomic E-state index is 0. The number of hydrogen-bond donors (Lipinski definition) is 0. The van der Waals surface area contributed by atoms with Gasteiger partial charge in [0.1, 0.15) is 5.75 Å². The summed E-state index contributed by atoms with van der Waals surface area (Å²) in [5, 5.41) is 0.741. The lowest BCUT2D eigenvalue weighted by Crippen LogP contribution is -2.29. The third-order valence-electron chi connectivity index (χ3n) is 3.61. The van der Waals surface area contributed by atoms with Crippen LogP contribution in [0.1, 0.15) is 44.6 Å². The Kier molecular flexibility index (Phi) is 8.35. The predicted molar refractivity (Wildman–Crippen MR) is 88.2 cm³/mol. The van der Waals surface area contributed by atoms with Crippen molar-refractivity contribution in [2.24, 2.45) is 0 Å². The molecule has 0 unspecified atom stereocenters. The van der Waals surface area contributed by atoms with Crippen molar-refractivity contribution in [1.29, 1.82) is 0 Å². The van der Waals surface area contributed by atoms with Crippen LogP contribution in [0.15, 0.2) is 18.2 Å². The molecule has 0 aliphatic carbocycles. The summed E-state index contributed by atoms with van der Waals surface area (Å²) in [6, 6.07) is 6.20. The molecule has 2 nitrogen and oxygen atoms in total. The number of benzene rings is 1. The maximum Gasteiger partial charge on any atom is 0.137 e. The van der Waals surface area contributed by atoms with Gasteiger partial charge in [-0.05, 0) is 50.0 Å². The minimum absolute atomic E-state index is 0. The number of nitrogens with zero attached hydrogens (tertiary/aromatic N) is 1. The number of halogens is 2. The standard InChI is InChI=1S/C16H24ClNO.ClH/c1-2-3-11-19-16-8-7-14(12-15(16)17)13-18-9-5-4-6-10-18;/h7-8,12H,2-6,9-11,13H2,1H3;1H. The summed E-state index contributed by atoms with van der Waals surface area (Å²) in [6.07, 6.45) is 6.25. The molecule has 1 aliphatic rings. The molecule has 0 aromatic heterocycles. The molecule has 1 heterocycles. The lowest BCUT2D eigenvalue weighted by atomic mass is 10.1. The second-order valence-electron chi connectivity index (χ2n) is 5.30. The van der Waals surface area contributed by atoms with Crippen molar-refractivity contribution >= 4 is 24.0 Å². The van der Waals surface area contributed by atoms with E-state index in [-0.39, 0.29) is 12.4 Å². The molecule has 0 N–H and O–H groups in total. The fraction of sp³-hybridized carbons (Fsp3) is 0.625. The number of ether oxygens (including phenoxy) is 1. The highest BCUT2D eigenvalue weighted by Crippen LogP contribution is 2.26. The van der Waals surface area contributed by atoms with E-state index in [2.05, 4.69) is 24.0 Å². The lowest BCUT2D eigenvalue weighted by molar-refractivity contribution is 0.221. The van der Waals surface area contributed by atoms with Gasteiger partial charge in [0.25, 0.3) is 0 Å². The molecule has 1 fully saturated rings. The van der Waals surface area contributed by atoms with E-state index >= 15 is 0 Å². The molecule has 1 aromatic rings. The minimum Gasteiger partial charge on any atom is -0.492 e. The average Bonchev–Trinajstić information content (AvgIpc) is 2.43. The summed E-state index contributed by atoms with van der Waals surface area (Å²) in [6.45, 7) is 6.35. The molecule has 0 atom stereocenters. The van der Waals surface area contributed by atoms with E-state index in [1.807, 2.05) is 6.07 Å². The van der Waals surface area contributed by atoms with E-state index < -0.39 is 0 Å². The van der Waals surface area contributed by atoms with Crippen LogP contribution >= 0.6 is 24.0 Å². The highest BCUT2D eigenvalue weighted by molar-refractivity contribution is 6.32. The monoisotopic (exact) mass is 317 g/mol. The van der Waals surface area contributed by atoms with Crippen LogP contribution in [0.3, 0.4) is 0 Å². The summed E-state index contributed by atoms with van der Waals surface area (Å²) >= 11 is 6.28. The third-order valence-corrected chi connectivity index (χ3v) is 3.90. The SMILES string of the molecule is CCCCOc1ccc(CN2CCCCC2)cc1Cl.Cl. The van der Waals surface area contributed by atoms with Crippen LogP contribution < -0.4 is 4.74 Å². The van der Waals surface area contributed by atoms with Gasteiger partial charge in [-0.3, -0.25) is 4.90 Å². The predicted octanol–water partition coefficient (Wildman–Crippen LogP) is 4.93. The number of hydrogen-bond acceptors (Lipinski definition) is 2. The lowest BCUT2D eigenvalue weighted by Gasteiger charge is -2.26. The smallest absolute Gasteiger partial charge is 0.137 e. The molecule has 4 heteroatoms. The van der Waals surface area contributed by atoms with Gasteiger partial charge in [-0.2, -0.15) is 0 Å². The highest BCUT2D eigenvalue weighted by Gasteiger charge is 2.11. The molecule has 1 aliphatic heterocycles. The summed E-state index contributed by atoms with van der Waals surface area (Å²) < 4.78 is 5.68. The van der Waals surface area contributed by atoms with Crippen molar-refractivity contribution in [3.63, 3.8) is 0 Å². The van der Waals surface area contributed by atoms with Crippen LogP contribution in [-0.4, -0.2) is 24.6 Å². The number of rotatable bonds is 6. The Balaban J connectivity index is 0.00000200. The molecular formula is C16H25Cl2NO. The Morgan fingerprint density at radius 3 is 2.60 bits per heavy atom. The fourth-order valence-corrected chi connectivity index (χ4v) is 2.72. The van der Waals surface area contributed by atoms with E-state index in [4.69, 9.17) is 16.3 Å². The van der Waals surface area contributed by atoms with Gasteiger partial charge < -0.3 is 4.74 Å². The quantitative estimate of drug-likeness (QED) is 0.690. The first kappa shape index (κ1) is 17.6. The van der Waals surface area contributed by atoms with Crippen LogP contribution in [0.2, 0.25) is 5.02 Å². The topological polar surface area (TPSA) is 12.5 Å². The van der Waals surface area contributed by atoms with Crippen molar-refractivity contribution in [2.45, 2.75) is 45.6 Å². The Bertz CT molecular complexity index is 392. The molecular weight excluding hydrogens is 293 g/mol. The van der Waals surface area contributed by atoms with Crippen LogP contribution in [-0.2, 0) is 6.54 Å². The van der Waals surface area contributed by atoms with Gasteiger partial charge >= 0.3 is 0 Å². The van der Waals surface area contributed by atoms with Crippen LogP contribution in [0, 0.1) is 0 Å². The third kappa shape index (κ3) is 5.51. The van der Waals surface area contributed by atoms with Gasteiger partial charge in [0.05, 0.1) is 11.6 Å². The number of piperidine rings is 1. The molecule has 114 valence electrons. The van der Waals surface area contributed by atoms with Gasteiger partial charge in [0.2, 0.25) is 0 Å². The highest BCUT2D eigenvalue weighted by atomic mass is 35.5. The van der Waals surface area contributed by atoms with Gasteiger partial charge in [0, 0.05) is 6.54 Å². The fourth-order valence-electron chi connectivity index (χ4n) is 2.46. The second-order valence-corrected chi connectivity index (χ2v) is 5.71. The average molecular weight is 318 g/mol. The van der Waals surface area contributed by atoms with Crippen LogP contribution in [0.25, 0.3) is 0 Å². The zero-order chi connectivity index (χ0) is 13.5. The van der Waals surface area contributed by atoms with Gasteiger partial charge in [-0.15, -0.1) is 12.4 Å². The Labute approximate surface area is 133 Å². The van der Waals surface area contributed by atoms with Crippen molar-refractivity contribution < 1.29 is 4.74 Å². The van der Waals surface area contributed by atoms with E-state index in [1.165, 1.54) is 37.9 Å². The molecule has 1 aromatic carbocycles. The molecule has 0 amide bonds. The molecule has 0 saturated carbocycles. The first-order valence-electron chi connectivity index (χ1n) is 7.43. The summed E-state index contributed by atoms with van der Waals surface area (Å²) in [5.74, 6) is 0.817.